The van der Waals surface area contributed by atoms with Crippen molar-refractivity contribution < 1.29 is 15.0 Å². The van der Waals surface area contributed by atoms with Gasteiger partial charge in [0.05, 0.1) is 6.61 Å². The molecule has 1 rings (SSSR count). The van der Waals surface area contributed by atoms with Crippen LogP contribution in [0, 0.1) is 0 Å². The third-order valence-electron chi connectivity index (χ3n) is 1.93. The van der Waals surface area contributed by atoms with Gasteiger partial charge >= 0.3 is 5.97 Å². The number of aliphatic hydroxyl groups excluding tert-OH is 1. The highest BCUT2D eigenvalue weighted by Gasteiger charge is 2.08. The van der Waals surface area contributed by atoms with Crippen molar-refractivity contribution in [2.75, 3.05) is 20.2 Å². The Kier molecular flexibility index (Phi) is 8.17. The van der Waals surface area contributed by atoms with Gasteiger partial charge in [-0.3, -0.25) is 0 Å². The maximum atomic E-state index is 10.3. The number of carboxylic acid groups (broad SMARTS) is 1. The summed E-state index contributed by atoms with van der Waals surface area (Å²) in [5.74, 6) is -0.741. The summed E-state index contributed by atoms with van der Waals surface area (Å²) in [7, 11) is 1.80. The van der Waals surface area contributed by atoms with E-state index >= 15 is 0 Å². The average molecular weight is 201 g/mol. The van der Waals surface area contributed by atoms with E-state index in [2.05, 4.69) is 5.32 Å². The van der Waals surface area contributed by atoms with Crippen molar-refractivity contribution in [2.45, 2.75) is 25.7 Å². The molecule has 0 spiro atoms. The zero-order valence-corrected chi connectivity index (χ0v) is 8.62. The fourth-order valence-corrected chi connectivity index (χ4v) is 1.14. The van der Waals surface area contributed by atoms with Crippen molar-refractivity contribution >= 4 is 5.97 Å². The van der Waals surface area contributed by atoms with Crippen LogP contribution in [0.2, 0.25) is 0 Å². The van der Waals surface area contributed by atoms with Gasteiger partial charge in [0.25, 0.3) is 0 Å². The molecule has 3 N–H and O–H groups in total. The van der Waals surface area contributed by atoms with E-state index in [9.17, 15) is 4.79 Å². The summed E-state index contributed by atoms with van der Waals surface area (Å²) < 4.78 is 0. The van der Waals surface area contributed by atoms with Crippen molar-refractivity contribution in [2.24, 2.45) is 0 Å². The van der Waals surface area contributed by atoms with Crippen LogP contribution in [0.4, 0.5) is 0 Å². The quantitative estimate of drug-likeness (QED) is 0.631. The third kappa shape index (κ3) is 6.62. The Balaban J connectivity index is 0.000000292. The Morgan fingerprint density at radius 2 is 2.29 bits per heavy atom. The van der Waals surface area contributed by atoms with Gasteiger partial charge in [-0.05, 0) is 32.7 Å². The number of rotatable bonds is 3. The second-order valence-corrected chi connectivity index (χ2v) is 3.11. The molecule has 82 valence electrons. The van der Waals surface area contributed by atoms with E-state index in [1.165, 1.54) is 0 Å². The first-order valence-corrected chi connectivity index (χ1v) is 4.90. The molecule has 14 heavy (non-hydrogen) atoms. The largest absolute Gasteiger partial charge is 0.478 e. The van der Waals surface area contributed by atoms with Gasteiger partial charge in [-0.2, -0.15) is 0 Å². The molecule has 0 heterocycles. The lowest BCUT2D eigenvalue weighted by Gasteiger charge is -2.06. The predicted molar refractivity (Wildman–Crippen MR) is 55.2 cm³/mol. The third-order valence-corrected chi connectivity index (χ3v) is 1.93. The molecule has 0 saturated heterocycles. The van der Waals surface area contributed by atoms with Gasteiger partial charge in [0, 0.05) is 12.1 Å². The van der Waals surface area contributed by atoms with Crippen molar-refractivity contribution in [3.63, 3.8) is 0 Å². The minimum absolute atomic E-state index is 0.233. The zero-order chi connectivity index (χ0) is 10.8. The number of carboxylic acids is 1. The molecule has 0 amide bonds. The van der Waals surface area contributed by atoms with Crippen LogP contribution < -0.4 is 5.32 Å². The molecule has 4 heteroatoms. The van der Waals surface area contributed by atoms with E-state index in [4.69, 9.17) is 10.2 Å². The summed E-state index contributed by atoms with van der Waals surface area (Å²) in [6.07, 6.45) is 5.72. The molecule has 0 aromatic rings. The number of likely N-dealkylation sites (N-methyl/N-ethyl adjacent to an activating group) is 1. The maximum Gasteiger partial charge on any atom is 0.331 e. The molecule has 0 fully saturated rings. The lowest BCUT2D eigenvalue weighted by Crippen LogP contribution is -2.10. The number of allylic oxidation sites excluding steroid dienone is 1. The Morgan fingerprint density at radius 1 is 1.57 bits per heavy atom. The first kappa shape index (κ1) is 13.1. The molecular weight excluding hydrogens is 182 g/mol. The van der Waals surface area contributed by atoms with Gasteiger partial charge in [-0.15, -0.1) is 0 Å². The molecule has 0 aromatic heterocycles. The maximum absolute atomic E-state index is 10.3. The molecule has 0 radical (unpaired) electrons. The smallest absolute Gasteiger partial charge is 0.331 e. The molecule has 0 aliphatic heterocycles. The van der Waals surface area contributed by atoms with Crippen LogP contribution >= 0.6 is 0 Å². The highest BCUT2D eigenvalue weighted by atomic mass is 16.4. The van der Waals surface area contributed by atoms with E-state index in [0.29, 0.717) is 12.1 Å². The standard InChI is InChI=1S/C7H10O2.C3H9NO/c8-7(9)6-4-2-1-3-5-6;1-4-2-3-5/h4H,1-3,5H2,(H,8,9);4-5H,2-3H2,1H3. The molecule has 0 atom stereocenters. The van der Waals surface area contributed by atoms with E-state index in [1.807, 2.05) is 6.08 Å². The van der Waals surface area contributed by atoms with Gasteiger partial charge in [0.2, 0.25) is 0 Å². The van der Waals surface area contributed by atoms with Crippen molar-refractivity contribution in [3.8, 4) is 0 Å². The summed E-state index contributed by atoms with van der Waals surface area (Å²) in [4.78, 5) is 10.3. The van der Waals surface area contributed by atoms with Crippen molar-refractivity contribution in [3.05, 3.63) is 11.6 Å². The summed E-state index contributed by atoms with van der Waals surface area (Å²) in [6.45, 7) is 0.927. The normalized spacial score (nSPS) is 15.1. The molecule has 0 bridgehead atoms. The molecular formula is C10H19NO3. The van der Waals surface area contributed by atoms with Crippen molar-refractivity contribution in [1.82, 2.24) is 5.32 Å². The van der Waals surface area contributed by atoms with Crippen LogP contribution in [-0.2, 0) is 4.79 Å². The Bertz CT molecular complexity index is 188. The van der Waals surface area contributed by atoms with E-state index < -0.39 is 5.97 Å². The lowest BCUT2D eigenvalue weighted by atomic mass is 10.0. The zero-order valence-electron chi connectivity index (χ0n) is 8.62. The molecule has 0 saturated carbocycles. The Morgan fingerprint density at radius 3 is 2.50 bits per heavy atom. The lowest BCUT2D eigenvalue weighted by molar-refractivity contribution is -0.132. The Hall–Kier alpha value is -0.870. The van der Waals surface area contributed by atoms with Crippen LogP contribution in [0.5, 0.6) is 0 Å². The fraction of sp³-hybridized carbons (Fsp3) is 0.700. The van der Waals surface area contributed by atoms with Gasteiger partial charge in [-0.25, -0.2) is 4.79 Å². The van der Waals surface area contributed by atoms with Crippen LogP contribution in [0.3, 0.4) is 0 Å². The number of carbonyl (C=O) groups is 1. The van der Waals surface area contributed by atoms with Crippen LogP contribution in [0.1, 0.15) is 25.7 Å². The first-order valence-electron chi connectivity index (χ1n) is 4.90. The number of aliphatic hydroxyl groups is 1. The number of hydrogen-bond acceptors (Lipinski definition) is 3. The van der Waals surface area contributed by atoms with Crippen LogP contribution in [0.15, 0.2) is 11.6 Å². The SMILES string of the molecule is CNCCO.O=C(O)C1=CCCCC1. The van der Waals surface area contributed by atoms with E-state index in [-0.39, 0.29) is 6.61 Å². The van der Waals surface area contributed by atoms with Gasteiger partial charge < -0.3 is 15.5 Å². The average Bonchev–Trinajstić information content (AvgIpc) is 2.21. The minimum atomic E-state index is -0.741. The number of nitrogens with one attached hydrogen (secondary N) is 1. The molecule has 4 nitrogen and oxygen atoms in total. The number of hydrogen-bond donors (Lipinski definition) is 3. The highest BCUT2D eigenvalue weighted by Crippen LogP contribution is 2.16. The van der Waals surface area contributed by atoms with Gasteiger partial charge in [0.1, 0.15) is 0 Å². The van der Waals surface area contributed by atoms with Crippen LogP contribution in [0.25, 0.3) is 0 Å². The summed E-state index contributed by atoms with van der Waals surface area (Å²) in [5, 5.41) is 19.2. The molecule has 0 unspecified atom stereocenters. The van der Waals surface area contributed by atoms with Gasteiger partial charge in [0.15, 0.2) is 0 Å². The second kappa shape index (κ2) is 8.72. The topological polar surface area (TPSA) is 69.6 Å². The summed E-state index contributed by atoms with van der Waals surface area (Å²) in [6, 6.07) is 0. The summed E-state index contributed by atoms with van der Waals surface area (Å²) >= 11 is 0. The van der Waals surface area contributed by atoms with Crippen molar-refractivity contribution in [1.29, 1.82) is 0 Å². The number of aliphatic carboxylic acids is 1. The first-order chi connectivity index (χ1) is 6.72. The Labute approximate surface area is 84.6 Å². The molecule has 1 aliphatic carbocycles. The summed E-state index contributed by atoms with van der Waals surface area (Å²) in [5.41, 5.74) is 0.598. The fourth-order valence-electron chi connectivity index (χ4n) is 1.14. The molecule has 0 aromatic carbocycles. The van der Waals surface area contributed by atoms with Gasteiger partial charge in [-0.1, -0.05) is 6.08 Å². The predicted octanol–water partition coefficient (Wildman–Crippen LogP) is 0.769. The molecule has 1 aliphatic rings. The monoisotopic (exact) mass is 201 g/mol. The minimum Gasteiger partial charge on any atom is -0.478 e. The van der Waals surface area contributed by atoms with E-state index in [0.717, 1.165) is 25.7 Å². The second-order valence-electron chi connectivity index (χ2n) is 3.11. The van der Waals surface area contributed by atoms with E-state index in [1.54, 1.807) is 7.05 Å². The van der Waals surface area contributed by atoms with Crippen LogP contribution in [-0.4, -0.2) is 36.4 Å². The highest BCUT2D eigenvalue weighted by molar-refractivity contribution is 5.86.